The van der Waals surface area contributed by atoms with Crippen LogP contribution in [-0.4, -0.2) is 65.1 Å². The van der Waals surface area contributed by atoms with Crippen molar-refractivity contribution in [3.05, 3.63) is 35.9 Å². The average molecular weight is 390 g/mol. The fraction of sp³-hybridized carbons (Fsp3) is 0.438. The van der Waals surface area contributed by atoms with Gasteiger partial charge in [-0.3, -0.25) is 9.59 Å². The number of carbonyl (C=O) groups is 3. The number of halogens is 3. The first-order chi connectivity index (χ1) is 12.1. The number of rotatable bonds is 4. The lowest BCUT2D eigenvalue weighted by molar-refractivity contribution is -0.241. The highest BCUT2D eigenvalue weighted by atomic mass is 32.2. The van der Waals surface area contributed by atoms with E-state index in [2.05, 4.69) is 4.84 Å². The molecule has 2 atom stereocenters. The minimum atomic E-state index is -5.17. The first-order valence-electron chi connectivity index (χ1n) is 7.62. The molecule has 10 heteroatoms. The van der Waals surface area contributed by atoms with E-state index in [1.54, 1.807) is 30.3 Å². The van der Waals surface area contributed by atoms with Gasteiger partial charge >= 0.3 is 12.1 Å². The van der Waals surface area contributed by atoms with Crippen LogP contribution in [0.3, 0.4) is 0 Å². The van der Waals surface area contributed by atoms with E-state index >= 15 is 0 Å². The Balaban J connectivity index is 2.10. The van der Waals surface area contributed by atoms with E-state index in [1.807, 2.05) is 0 Å². The Morgan fingerprint density at radius 2 is 1.81 bits per heavy atom. The predicted molar refractivity (Wildman–Crippen MR) is 88.1 cm³/mol. The van der Waals surface area contributed by atoms with Gasteiger partial charge in [-0.05, 0) is 6.42 Å². The molecule has 2 rings (SSSR count). The van der Waals surface area contributed by atoms with E-state index in [-0.39, 0.29) is 18.1 Å². The molecule has 1 amide bonds. The summed E-state index contributed by atoms with van der Waals surface area (Å²) in [6.45, 7) is -0.157. The van der Waals surface area contributed by atoms with Gasteiger partial charge < -0.3 is 9.74 Å². The maximum Gasteiger partial charge on any atom is 0.492 e. The van der Waals surface area contributed by atoms with Crippen LogP contribution in [0.1, 0.15) is 16.8 Å². The molecule has 1 aromatic carbocycles. The molecule has 26 heavy (non-hydrogen) atoms. The van der Waals surface area contributed by atoms with Gasteiger partial charge in [0.25, 0.3) is 0 Å². The summed E-state index contributed by atoms with van der Waals surface area (Å²) in [6.07, 6.45) is -5.08. The van der Waals surface area contributed by atoms with E-state index in [0.717, 1.165) is 11.8 Å². The van der Waals surface area contributed by atoms with Crippen molar-refractivity contribution in [1.29, 1.82) is 0 Å². The van der Waals surface area contributed by atoms with Crippen LogP contribution in [0.4, 0.5) is 13.2 Å². The second-order valence-corrected chi connectivity index (χ2v) is 7.13. The fourth-order valence-electron chi connectivity index (χ4n) is 2.43. The summed E-state index contributed by atoms with van der Waals surface area (Å²) in [5.74, 6) is -2.90. The van der Waals surface area contributed by atoms with Crippen molar-refractivity contribution >= 4 is 28.8 Å². The molecule has 142 valence electrons. The van der Waals surface area contributed by atoms with E-state index in [1.165, 1.54) is 19.0 Å². The molecule has 1 aliphatic rings. The van der Waals surface area contributed by atoms with Crippen LogP contribution in [0, 0.1) is 0 Å². The molecule has 0 aromatic heterocycles. The maximum atomic E-state index is 12.5. The zero-order valence-electron chi connectivity index (χ0n) is 14.0. The van der Waals surface area contributed by atoms with Crippen molar-refractivity contribution in [3.8, 4) is 0 Å². The fourth-order valence-corrected chi connectivity index (χ4v) is 3.50. The van der Waals surface area contributed by atoms with Crippen molar-refractivity contribution in [1.82, 2.24) is 9.96 Å². The largest absolute Gasteiger partial charge is 0.492 e. The van der Waals surface area contributed by atoms with Crippen LogP contribution in [0.5, 0.6) is 0 Å². The molecule has 0 N–H and O–H groups in total. The SMILES string of the molecule is CN(C)C(=O)[C@@H]1C[C@H](SC(=O)c2ccccc2)CN1OC(=O)C(F)(F)F. The van der Waals surface area contributed by atoms with Crippen LogP contribution < -0.4 is 0 Å². The number of likely N-dealkylation sites (N-methyl/N-ethyl adjacent to an activating group) is 1. The smallest absolute Gasteiger partial charge is 0.360 e. The monoisotopic (exact) mass is 390 g/mol. The van der Waals surface area contributed by atoms with Crippen molar-refractivity contribution in [2.45, 2.75) is 23.9 Å². The van der Waals surface area contributed by atoms with Gasteiger partial charge in [-0.2, -0.15) is 13.2 Å². The molecule has 1 saturated heterocycles. The lowest BCUT2D eigenvalue weighted by Gasteiger charge is -2.24. The summed E-state index contributed by atoms with van der Waals surface area (Å²) in [7, 11) is 2.89. The van der Waals surface area contributed by atoms with Gasteiger partial charge in [0, 0.05) is 31.5 Å². The number of carbonyl (C=O) groups excluding carboxylic acids is 3. The summed E-state index contributed by atoms with van der Waals surface area (Å²) < 4.78 is 37.4. The lowest BCUT2D eigenvalue weighted by atomic mass is 10.2. The minimum absolute atomic E-state index is 0.0887. The number of nitrogens with zero attached hydrogens (tertiary/aromatic N) is 2. The minimum Gasteiger partial charge on any atom is -0.360 e. The topological polar surface area (TPSA) is 66.9 Å². The number of hydroxylamine groups is 2. The van der Waals surface area contributed by atoms with Crippen molar-refractivity contribution in [2.75, 3.05) is 20.6 Å². The van der Waals surface area contributed by atoms with Crippen molar-refractivity contribution in [3.63, 3.8) is 0 Å². The highest BCUT2D eigenvalue weighted by molar-refractivity contribution is 8.14. The Morgan fingerprint density at radius 1 is 1.19 bits per heavy atom. The normalized spacial score (nSPS) is 20.7. The summed E-state index contributed by atoms with van der Waals surface area (Å²) in [4.78, 5) is 41.2. The molecule has 1 aromatic rings. The van der Waals surface area contributed by atoms with Crippen LogP contribution in [0.25, 0.3) is 0 Å². The van der Waals surface area contributed by atoms with Gasteiger partial charge in [0.15, 0.2) is 0 Å². The molecule has 0 spiro atoms. The average Bonchev–Trinajstić information content (AvgIpc) is 2.96. The van der Waals surface area contributed by atoms with Crippen LogP contribution in [0.15, 0.2) is 30.3 Å². The Hall–Kier alpha value is -2.07. The molecule has 6 nitrogen and oxygen atoms in total. The summed E-state index contributed by atoms with van der Waals surface area (Å²) in [6, 6.07) is 7.30. The van der Waals surface area contributed by atoms with Crippen molar-refractivity contribution in [2.24, 2.45) is 0 Å². The predicted octanol–water partition coefficient (Wildman–Crippen LogP) is 2.11. The van der Waals surface area contributed by atoms with E-state index in [0.29, 0.717) is 10.6 Å². The lowest BCUT2D eigenvalue weighted by Crippen LogP contribution is -2.45. The Kier molecular flexibility index (Phi) is 6.30. The van der Waals surface area contributed by atoms with E-state index in [9.17, 15) is 27.6 Å². The molecule has 1 fully saturated rings. The van der Waals surface area contributed by atoms with Crippen LogP contribution >= 0.6 is 11.8 Å². The molecule has 0 bridgehead atoms. The molecule has 0 radical (unpaired) electrons. The molecule has 1 aliphatic heterocycles. The highest BCUT2D eigenvalue weighted by Gasteiger charge is 2.47. The van der Waals surface area contributed by atoms with Crippen molar-refractivity contribution < 1.29 is 32.4 Å². The number of benzene rings is 1. The molecular weight excluding hydrogens is 373 g/mol. The number of amides is 1. The summed E-state index contributed by atoms with van der Waals surface area (Å²) in [5, 5.41) is -0.0398. The van der Waals surface area contributed by atoms with Gasteiger partial charge in [0.1, 0.15) is 6.04 Å². The van der Waals surface area contributed by atoms with Gasteiger partial charge in [0.2, 0.25) is 11.0 Å². The third kappa shape index (κ3) is 4.98. The Labute approximate surface area is 152 Å². The highest BCUT2D eigenvalue weighted by Crippen LogP contribution is 2.32. The summed E-state index contributed by atoms with van der Waals surface area (Å²) in [5.41, 5.74) is 0.443. The van der Waals surface area contributed by atoms with Crippen LogP contribution in [-0.2, 0) is 14.4 Å². The summed E-state index contributed by atoms with van der Waals surface area (Å²) >= 11 is 0.908. The zero-order valence-corrected chi connectivity index (χ0v) is 14.8. The molecule has 0 unspecified atom stereocenters. The standard InChI is InChI=1S/C16H17F3N2O4S/c1-20(2)13(22)12-8-11(9-21(12)25-15(24)16(17,18)19)26-14(23)10-6-4-3-5-7-10/h3-7,11-12H,8-9H2,1-2H3/t11-,12-/m0/s1. The van der Waals surface area contributed by atoms with Gasteiger partial charge in [-0.1, -0.05) is 42.1 Å². The molecule has 0 aliphatic carbocycles. The van der Waals surface area contributed by atoms with Crippen LogP contribution in [0.2, 0.25) is 0 Å². The molecular formula is C16H17F3N2O4S. The maximum absolute atomic E-state index is 12.5. The van der Waals surface area contributed by atoms with Gasteiger partial charge in [-0.15, -0.1) is 5.06 Å². The number of hydrogen-bond donors (Lipinski definition) is 0. The zero-order chi connectivity index (χ0) is 19.5. The Bertz CT molecular complexity index is 682. The van der Waals surface area contributed by atoms with Gasteiger partial charge in [0.05, 0.1) is 0 Å². The van der Waals surface area contributed by atoms with E-state index < -0.39 is 29.3 Å². The van der Waals surface area contributed by atoms with E-state index in [4.69, 9.17) is 0 Å². The molecule has 1 heterocycles. The second-order valence-electron chi connectivity index (χ2n) is 5.85. The Morgan fingerprint density at radius 3 is 2.35 bits per heavy atom. The molecule has 0 saturated carbocycles. The first-order valence-corrected chi connectivity index (χ1v) is 8.50. The second kappa shape index (κ2) is 8.09. The third-order valence-electron chi connectivity index (χ3n) is 3.66. The first kappa shape index (κ1) is 20.2. The number of hydrogen-bond acceptors (Lipinski definition) is 6. The third-order valence-corrected chi connectivity index (χ3v) is 4.78. The quantitative estimate of drug-likeness (QED) is 0.785. The number of thioether (sulfide) groups is 1. The number of alkyl halides is 3. The van der Waals surface area contributed by atoms with Gasteiger partial charge in [-0.25, -0.2) is 4.79 Å².